The van der Waals surface area contributed by atoms with E-state index in [1.165, 1.54) is 5.56 Å². The number of aryl methyl sites for hydroxylation is 1. The quantitative estimate of drug-likeness (QED) is 0.844. The molecule has 110 valence electrons. The zero-order chi connectivity index (χ0) is 14.5. The van der Waals surface area contributed by atoms with Crippen LogP contribution in [0.1, 0.15) is 32.3 Å². The van der Waals surface area contributed by atoms with E-state index in [0.717, 1.165) is 31.7 Å². The van der Waals surface area contributed by atoms with Gasteiger partial charge in [0, 0.05) is 24.9 Å². The molecule has 0 aromatic heterocycles. The highest BCUT2D eigenvalue weighted by molar-refractivity contribution is 5.78. The van der Waals surface area contributed by atoms with Crippen LogP contribution >= 0.6 is 0 Å². The predicted molar refractivity (Wildman–Crippen MR) is 80.8 cm³/mol. The van der Waals surface area contributed by atoms with Gasteiger partial charge in [0.25, 0.3) is 0 Å². The summed E-state index contributed by atoms with van der Waals surface area (Å²) in [6, 6.07) is 8.09. The summed E-state index contributed by atoms with van der Waals surface area (Å²) < 4.78 is 5.93. The second-order valence-corrected chi connectivity index (χ2v) is 6.02. The van der Waals surface area contributed by atoms with Crippen LogP contribution in [-0.4, -0.2) is 30.5 Å². The molecule has 0 aliphatic carbocycles. The van der Waals surface area contributed by atoms with Crippen LogP contribution in [0.15, 0.2) is 24.3 Å². The molecule has 0 saturated carbocycles. The van der Waals surface area contributed by atoms with Crippen molar-refractivity contribution in [3.8, 4) is 5.75 Å². The van der Waals surface area contributed by atoms with Crippen LogP contribution in [0.4, 0.5) is 0 Å². The van der Waals surface area contributed by atoms with Crippen LogP contribution < -0.4 is 4.74 Å². The molecule has 1 saturated heterocycles. The van der Waals surface area contributed by atoms with Gasteiger partial charge in [-0.05, 0) is 31.4 Å². The number of ether oxygens (including phenoxy) is 1. The van der Waals surface area contributed by atoms with Crippen molar-refractivity contribution in [1.82, 2.24) is 4.90 Å². The number of piperidine rings is 1. The molecule has 1 aliphatic heterocycles. The molecule has 1 aromatic carbocycles. The Hall–Kier alpha value is -1.51. The number of para-hydroxylation sites is 1. The molecule has 20 heavy (non-hydrogen) atoms. The van der Waals surface area contributed by atoms with E-state index in [-0.39, 0.29) is 11.8 Å². The summed E-state index contributed by atoms with van der Waals surface area (Å²) in [5.41, 5.74) is 1.17. The minimum Gasteiger partial charge on any atom is -0.493 e. The monoisotopic (exact) mass is 275 g/mol. The summed E-state index contributed by atoms with van der Waals surface area (Å²) >= 11 is 0. The van der Waals surface area contributed by atoms with Crippen molar-refractivity contribution in [1.29, 1.82) is 0 Å². The third-order valence-corrected chi connectivity index (χ3v) is 3.89. The molecule has 1 fully saturated rings. The van der Waals surface area contributed by atoms with E-state index >= 15 is 0 Å². The first-order valence-electron chi connectivity index (χ1n) is 7.55. The van der Waals surface area contributed by atoms with Crippen LogP contribution in [0.5, 0.6) is 5.75 Å². The van der Waals surface area contributed by atoms with Gasteiger partial charge in [-0.1, -0.05) is 32.0 Å². The molecule has 0 radical (unpaired) electrons. The van der Waals surface area contributed by atoms with Crippen molar-refractivity contribution in [3.63, 3.8) is 0 Å². The molecule has 0 spiro atoms. The molecule has 3 nitrogen and oxygen atoms in total. The lowest BCUT2D eigenvalue weighted by molar-refractivity contribution is -0.136. The zero-order valence-corrected chi connectivity index (χ0v) is 12.8. The van der Waals surface area contributed by atoms with Crippen molar-refractivity contribution < 1.29 is 9.53 Å². The summed E-state index contributed by atoms with van der Waals surface area (Å²) in [6.45, 7) is 8.43. The van der Waals surface area contributed by atoms with E-state index in [9.17, 15) is 4.79 Å². The van der Waals surface area contributed by atoms with Crippen LogP contribution in [0.25, 0.3) is 0 Å². The second-order valence-electron chi connectivity index (χ2n) is 6.02. The Kier molecular flexibility index (Phi) is 5.05. The standard InChI is InChI=1S/C17H25NO2/c1-13(2)17(19)18-10-6-8-15(11-18)12-20-16-9-5-4-7-14(16)3/h4-5,7,9,13,15H,6,8,10-12H2,1-3H3. The fourth-order valence-corrected chi connectivity index (χ4v) is 2.69. The minimum absolute atomic E-state index is 0.0889. The van der Waals surface area contributed by atoms with Crippen LogP contribution in [0.2, 0.25) is 0 Å². The normalized spacial score (nSPS) is 19.2. The van der Waals surface area contributed by atoms with Gasteiger partial charge in [-0.3, -0.25) is 4.79 Å². The predicted octanol–water partition coefficient (Wildman–Crippen LogP) is 3.27. The van der Waals surface area contributed by atoms with E-state index in [4.69, 9.17) is 4.74 Å². The average Bonchev–Trinajstić information content (AvgIpc) is 2.46. The third-order valence-electron chi connectivity index (χ3n) is 3.89. The fourth-order valence-electron chi connectivity index (χ4n) is 2.69. The highest BCUT2D eigenvalue weighted by atomic mass is 16.5. The van der Waals surface area contributed by atoms with Crippen molar-refractivity contribution in [2.24, 2.45) is 11.8 Å². The number of hydrogen-bond donors (Lipinski definition) is 0. The number of benzene rings is 1. The van der Waals surface area contributed by atoms with E-state index in [1.54, 1.807) is 0 Å². The zero-order valence-electron chi connectivity index (χ0n) is 12.8. The molecule has 1 unspecified atom stereocenters. The minimum atomic E-state index is 0.0889. The Labute approximate surface area is 121 Å². The Morgan fingerprint density at radius 3 is 2.85 bits per heavy atom. The Morgan fingerprint density at radius 2 is 2.15 bits per heavy atom. The lowest BCUT2D eigenvalue weighted by Crippen LogP contribution is -2.43. The second kappa shape index (κ2) is 6.78. The molecule has 1 heterocycles. The van der Waals surface area contributed by atoms with Gasteiger partial charge in [-0.25, -0.2) is 0 Å². The molecule has 3 heteroatoms. The molecule has 0 N–H and O–H groups in total. The number of carbonyl (C=O) groups is 1. The van der Waals surface area contributed by atoms with Crippen LogP contribution in [0.3, 0.4) is 0 Å². The molecular weight excluding hydrogens is 250 g/mol. The Balaban J connectivity index is 1.87. The summed E-state index contributed by atoms with van der Waals surface area (Å²) in [6.07, 6.45) is 2.23. The topological polar surface area (TPSA) is 29.5 Å². The van der Waals surface area contributed by atoms with Crippen molar-refractivity contribution in [2.75, 3.05) is 19.7 Å². The molecule has 1 atom stereocenters. The van der Waals surface area contributed by atoms with E-state index in [1.807, 2.05) is 36.9 Å². The molecule has 1 aromatic rings. The number of amides is 1. The fraction of sp³-hybridized carbons (Fsp3) is 0.588. The molecule has 1 aliphatic rings. The first-order valence-corrected chi connectivity index (χ1v) is 7.55. The molecule has 2 rings (SSSR count). The van der Waals surface area contributed by atoms with E-state index in [2.05, 4.69) is 13.0 Å². The SMILES string of the molecule is Cc1ccccc1OCC1CCCN(C(=O)C(C)C)C1. The van der Waals surface area contributed by atoms with Crippen LogP contribution in [-0.2, 0) is 4.79 Å². The van der Waals surface area contributed by atoms with Crippen molar-refractivity contribution in [2.45, 2.75) is 33.6 Å². The average molecular weight is 275 g/mol. The summed E-state index contributed by atoms with van der Waals surface area (Å²) in [5.74, 6) is 1.77. The highest BCUT2D eigenvalue weighted by Crippen LogP contribution is 2.22. The van der Waals surface area contributed by atoms with Gasteiger partial charge in [0.1, 0.15) is 5.75 Å². The number of likely N-dealkylation sites (tertiary alicyclic amines) is 1. The highest BCUT2D eigenvalue weighted by Gasteiger charge is 2.25. The summed E-state index contributed by atoms with van der Waals surface area (Å²) in [7, 11) is 0. The molecule has 1 amide bonds. The summed E-state index contributed by atoms with van der Waals surface area (Å²) in [5, 5.41) is 0. The van der Waals surface area contributed by atoms with Gasteiger partial charge in [-0.15, -0.1) is 0 Å². The van der Waals surface area contributed by atoms with Crippen LogP contribution in [0, 0.1) is 18.8 Å². The number of carbonyl (C=O) groups excluding carboxylic acids is 1. The maximum absolute atomic E-state index is 12.1. The lowest BCUT2D eigenvalue weighted by atomic mass is 9.98. The van der Waals surface area contributed by atoms with Gasteiger partial charge in [0.2, 0.25) is 5.91 Å². The maximum Gasteiger partial charge on any atom is 0.225 e. The van der Waals surface area contributed by atoms with E-state index in [0.29, 0.717) is 12.5 Å². The van der Waals surface area contributed by atoms with Crippen molar-refractivity contribution >= 4 is 5.91 Å². The molecule has 0 bridgehead atoms. The number of hydrogen-bond acceptors (Lipinski definition) is 2. The van der Waals surface area contributed by atoms with Crippen molar-refractivity contribution in [3.05, 3.63) is 29.8 Å². The third kappa shape index (κ3) is 3.75. The van der Waals surface area contributed by atoms with Gasteiger partial charge >= 0.3 is 0 Å². The van der Waals surface area contributed by atoms with E-state index < -0.39 is 0 Å². The van der Waals surface area contributed by atoms with Gasteiger partial charge in [0.05, 0.1) is 6.61 Å². The lowest BCUT2D eigenvalue weighted by Gasteiger charge is -2.33. The maximum atomic E-state index is 12.1. The Bertz CT molecular complexity index is 456. The number of nitrogens with zero attached hydrogens (tertiary/aromatic N) is 1. The first-order chi connectivity index (χ1) is 9.58. The summed E-state index contributed by atoms with van der Waals surface area (Å²) in [4.78, 5) is 14.1. The van der Waals surface area contributed by atoms with Gasteiger partial charge in [-0.2, -0.15) is 0 Å². The Morgan fingerprint density at radius 1 is 1.40 bits per heavy atom. The van der Waals surface area contributed by atoms with Gasteiger partial charge < -0.3 is 9.64 Å². The first kappa shape index (κ1) is 14.9. The molecular formula is C17H25NO2. The largest absolute Gasteiger partial charge is 0.493 e. The number of rotatable bonds is 4. The van der Waals surface area contributed by atoms with Gasteiger partial charge in [0.15, 0.2) is 0 Å². The smallest absolute Gasteiger partial charge is 0.225 e.